The Morgan fingerprint density at radius 2 is 2.14 bits per heavy atom. The summed E-state index contributed by atoms with van der Waals surface area (Å²) >= 11 is 0. The van der Waals surface area contributed by atoms with Crippen LogP contribution in [0.15, 0.2) is 30.9 Å². The maximum absolute atomic E-state index is 12.6. The molecule has 1 amide bonds. The number of nitrogens with one attached hydrogen (secondary N) is 2. The Bertz CT molecular complexity index is 962. The van der Waals surface area contributed by atoms with E-state index in [9.17, 15) is 4.79 Å². The molecule has 0 radical (unpaired) electrons. The molecule has 8 nitrogen and oxygen atoms in total. The molecule has 28 heavy (non-hydrogen) atoms. The van der Waals surface area contributed by atoms with Crippen LogP contribution in [0.5, 0.6) is 0 Å². The van der Waals surface area contributed by atoms with Crippen LogP contribution in [0.4, 0.5) is 11.5 Å². The number of nitrogen functional groups attached to an aromatic ring is 1. The first-order chi connectivity index (χ1) is 12.6. The molecule has 0 aliphatic heterocycles. The van der Waals surface area contributed by atoms with Gasteiger partial charge in [-0.3, -0.25) is 4.79 Å². The number of nitrogens with two attached hydrogens (primary N) is 1. The number of benzene rings is 1. The van der Waals surface area contributed by atoms with Crippen molar-refractivity contribution in [3.8, 4) is 0 Å². The van der Waals surface area contributed by atoms with Gasteiger partial charge in [0.05, 0.1) is 18.9 Å². The normalized spacial score (nSPS) is 15.1. The summed E-state index contributed by atoms with van der Waals surface area (Å²) < 4.78 is 0. The number of imidazole rings is 1. The van der Waals surface area contributed by atoms with Gasteiger partial charge < -0.3 is 20.9 Å². The molecule has 4 N–H and O–H groups in total. The van der Waals surface area contributed by atoms with Gasteiger partial charge in [0.2, 0.25) is 5.91 Å². The highest BCUT2D eigenvalue weighted by Crippen LogP contribution is 2.31. The highest BCUT2D eigenvalue weighted by atomic mass is 35.5. The molecule has 3 aromatic rings. The van der Waals surface area contributed by atoms with Crippen molar-refractivity contribution in [1.82, 2.24) is 25.3 Å². The van der Waals surface area contributed by atoms with Gasteiger partial charge in [-0.1, -0.05) is 6.07 Å². The molecule has 1 aliphatic carbocycles. The third kappa shape index (κ3) is 4.28. The fourth-order valence-electron chi connectivity index (χ4n) is 3.56. The standard InChI is InChI=1S/C18H21N7O.2ClH/c1-25(18-16-17(21-9-20-16)22-10-23-18)8-15(26)24-14-4-2-3-11-7-12(19)5-6-13(11)14;;/h5-7,9-10,14H,2-4,8,19H2,1H3,(H,24,26)(H,20,21,22,23);2*1H. The number of carbonyl (C=O) groups excluding carboxylic acids is 1. The molecule has 0 fully saturated rings. The lowest BCUT2D eigenvalue weighted by atomic mass is 9.87. The average Bonchev–Trinajstić information content (AvgIpc) is 3.10. The van der Waals surface area contributed by atoms with Crippen molar-refractivity contribution in [3.05, 3.63) is 42.0 Å². The van der Waals surface area contributed by atoms with Gasteiger partial charge in [-0.15, -0.1) is 24.8 Å². The summed E-state index contributed by atoms with van der Waals surface area (Å²) in [4.78, 5) is 29.9. The van der Waals surface area contributed by atoms with Crippen LogP contribution < -0.4 is 16.0 Å². The third-order valence-electron chi connectivity index (χ3n) is 4.76. The minimum Gasteiger partial charge on any atom is -0.399 e. The summed E-state index contributed by atoms with van der Waals surface area (Å²) in [5, 5.41) is 3.15. The Labute approximate surface area is 175 Å². The van der Waals surface area contributed by atoms with E-state index in [0.29, 0.717) is 11.5 Å². The molecular weight excluding hydrogens is 401 g/mol. The highest BCUT2D eigenvalue weighted by molar-refractivity contribution is 5.87. The summed E-state index contributed by atoms with van der Waals surface area (Å²) in [5.41, 5.74) is 10.3. The lowest BCUT2D eigenvalue weighted by Gasteiger charge is -2.27. The molecule has 2 aromatic heterocycles. The van der Waals surface area contributed by atoms with Crippen molar-refractivity contribution in [1.29, 1.82) is 0 Å². The van der Waals surface area contributed by atoms with E-state index >= 15 is 0 Å². The molecule has 1 aromatic carbocycles. The number of fused-ring (bicyclic) bond motifs is 2. The lowest BCUT2D eigenvalue weighted by molar-refractivity contribution is -0.120. The molecule has 10 heteroatoms. The fraction of sp³-hybridized carbons (Fsp3) is 0.333. The number of halogens is 2. The van der Waals surface area contributed by atoms with Crippen LogP contribution in [0, 0.1) is 0 Å². The van der Waals surface area contributed by atoms with E-state index in [1.807, 2.05) is 25.2 Å². The van der Waals surface area contributed by atoms with E-state index < -0.39 is 0 Å². The zero-order valence-electron chi connectivity index (χ0n) is 15.4. The van der Waals surface area contributed by atoms with E-state index in [0.717, 1.165) is 30.5 Å². The number of rotatable bonds is 4. The van der Waals surface area contributed by atoms with Crippen molar-refractivity contribution < 1.29 is 4.79 Å². The smallest absolute Gasteiger partial charge is 0.240 e. The maximum atomic E-state index is 12.6. The van der Waals surface area contributed by atoms with Gasteiger partial charge in [-0.2, -0.15) is 0 Å². The lowest BCUT2D eigenvalue weighted by Crippen LogP contribution is -2.38. The maximum Gasteiger partial charge on any atom is 0.240 e. The molecule has 4 rings (SSSR count). The zero-order valence-corrected chi connectivity index (χ0v) is 17.0. The summed E-state index contributed by atoms with van der Waals surface area (Å²) in [7, 11) is 1.83. The van der Waals surface area contributed by atoms with Crippen LogP contribution in [-0.2, 0) is 11.2 Å². The van der Waals surface area contributed by atoms with Gasteiger partial charge in [0.15, 0.2) is 11.5 Å². The number of amides is 1. The predicted octanol–water partition coefficient (Wildman–Crippen LogP) is 2.41. The number of likely N-dealkylation sites (N-methyl/N-ethyl adjacent to an activating group) is 1. The molecule has 0 spiro atoms. The average molecular weight is 424 g/mol. The Kier molecular flexibility index (Phi) is 7.04. The van der Waals surface area contributed by atoms with Gasteiger partial charge in [0, 0.05) is 12.7 Å². The van der Waals surface area contributed by atoms with Crippen molar-refractivity contribution in [2.75, 3.05) is 24.2 Å². The van der Waals surface area contributed by atoms with Crippen molar-refractivity contribution >= 4 is 53.4 Å². The Morgan fingerprint density at radius 3 is 2.96 bits per heavy atom. The Balaban J connectivity index is 0.00000140. The number of H-pyrrole nitrogens is 1. The highest BCUT2D eigenvalue weighted by Gasteiger charge is 2.23. The van der Waals surface area contributed by atoms with Crippen molar-refractivity contribution in [2.45, 2.75) is 25.3 Å². The quantitative estimate of drug-likeness (QED) is 0.555. The van der Waals surface area contributed by atoms with Crippen LogP contribution >= 0.6 is 24.8 Å². The summed E-state index contributed by atoms with van der Waals surface area (Å²) in [6, 6.07) is 5.95. The van der Waals surface area contributed by atoms with E-state index in [-0.39, 0.29) is 43.3 Å². The van der Waals surface area contributed by atoms with E-state index in [1.165, 1.54) is 17.5 Å². The van der Waals surface area contributed by atoms with Gasteiger partial charge >= 0.3 is 0 Å². The van der Waals surface area contributed by atoms with E-state index in [4.69, 9.17) is 5.73 Å². The minimum atomic E-state index is -0.0477. The molecule has 0 saturated carbocycles. The third-order valence-corrected chi connectivity index (χ3v) is 4.76. The van der Waals surface area contributed by atoms with Crippen LogP contribution in [0.3, 0.4) is 0 Å². The number of carbonyl (C=O) groups is 1. The van der Waals surface area contributed by atoms with Crippen LogP contribution in [0.25, 0.3) is 11.2 Å². The van der Waals surface area contributed by atoms with Crippen LogP contribution in [0.1, 0.15) is 30.0 Å². The number of aromatic amines is 1. The second-order valence-electron chi connectivity index (χ2n) is 6.63. The van der Waals surface area contributed by atoms with E-state index in [1.54, 1.807) is 11.2 Å². The molecule has 150 valence electrons. The number of anilines is 2. The predicted molar refractivity (Wildman–Crippen MR) is 114 cm³/mol. The van der Waals surface area contributed by atoms with Gasteiger partial charge in [-0.25, -0.2) is 15.0 Å². The Morgan fingerprint density at radius 1 is 1.32 bits per heavy atom. The van der Waals surface area contributed by atoms with Crippen molar-refractivity contribution in [2.24, 2.45) is 0 Å². The van der Waals surface area contributed by atoms with Gasteiger partial charge in [-0.05, 0) is 42.5 Å². The topological polar surface area (TPSA) is 113 Å². The number of aromatic nitrogens is 4. The molecular formula is C18H23Cl2N7O. The SMILES string of the molecule is CN(CC(=O)NC1CCCc2cc(N)ccc21)c1ncnc2nc[nH]c12.Cl.Cl. The second-order valence-corrected chi connectivity index (χ2v) is 6.63. The van der Waals surface area contributed by atoms with Gasteiger partial charge in [0.1, 0.15) is 11.8 Å². The van der Waals surface area contributed by atoms with Crippen LogP contribution in [-0.4, -0.2) is 39.4 Å². The van der Waals surface area contributed by atoms with Crippen LogP contribution in [0.2, 0.25) is 0 Å². The monoisotopic (exact) mass is 423 g/mol. The van der Waals surface area contributed by atoms with Gasteiger partial charge in [0.25, 0.3) is 0 Å². The molecule has 1 aliphatic rings. The molecule has 2 heterocycles. The summed E-state index contributed by atoms with van der Waals surface area (Å²) in [5.74, 6) is 0.605. The molecule has 0 bridgehead atoms. The number of nitrogens with zero attached hydrogens (tertiary/aromatic N) is 4. The number of aryl methyl sites for hydroxylation is 1. The summed E-state index contributed by atoms with van der Waals surface area (Å²) in [6.45, 7) is 0.200. The molecule has 1 atom stereocenters. The van der Waals surface area contributed by atoms with Crippen molar-refractivity contribution in [3.63, 3.8) is 0 Å². The summed E-state index contributed by atoms with van der Waals surface area (Å²) in [6.07, 6.45) is 6.00. The Hall–Kier alpha value is -2.58. The first-order valence-electron chi connectivity index (χ1n) is 8.64. The largest absolute Gasteiger partial charge is 0.399 e. The second kappa shape index (κ2) is 9.07. The first kappa shape index (κ1) is 21.7. The minimum absolute atomic E-state index is 0. The first-order valence-corrected chi connectivity index (χ1v) is 8.64. The zero-order chi connectivity index (χ0) is 18.1. The molecule has 0 saturated heterocycles. The van der Waals surface area contributed by atoms with E-state index in [2.05, 4.69) is 25.3 Å². The molecule has 1 unspecified atom stereocenters. The number of hydrogen-bond donors (Lipinski definition) is 3. The number of hydrogen-bond acceptors (Lipinski definition) is 6. The fourth-order valence-corrected chi connectivity index (χ4v) is 3.56.